The number of fused-ring (bicyclic) bond motifs is 1. The highest BCUT2D eigenvalue weighted by Crippen LogP contribution is 2.22. The summed E-state index contributed by atoms with van der Waals surface area (Å²) in [6, 6.07) is 16.2. The fourth-order valence-electron chi connectivity index (χ4n) is 2.54. The SMILES string of the molecule is Cc1cc(F)ccc1C(O)Cc1ccc2ccccc2n1. The van der Waals surface area contributed by atoms with Gasteiger partial charge in [0.25, 0.3) is 0 Å². The molecule has 0 aliphatic heterocycles. The number of nitrogens with zero attached hydrogens (tertiary/aromatic N) is 1. The molecule has 1 N–H and O–H groups in total. The van der Waals surface area contributed by atoms with Crippen LogP contribution in [-0.2, 0) is 6.42 Å². The van der Waals surface area contributed by atoms with Gasteiger partial charge in [0.2, 0.25) is 0 Å². The van der Waals surface area contributed by atoms with Gasteiger partial charge in [-0.05, 0) is 42.3 Å². The molecule has 3 heteroatoms. The van der Waals surface area contributed by atoms with Crippen LogP contribution in [0.2, 0.25) is 0 Å². The summed E-state index contributed by atoms with van der Waals surface area (Å²) in [5.41, 5.74) is 3.23. The van der Waals surface area contributed by atoms with Gasteiger partial charge in [0.05, 0.1) is 11.6 Å². The van der Waals surface area contributed by atoms with E-state index in [9.17, 15) is 9.50 Å². The molecule has 0 aliphatic rings. The Hall–Kier alpha value is -2.26. The molecular weight excluding hydrogens is 265 g/mol. The van der Waals surface area contributed by atoms with Gasteiger partial charge >= 0.3 is 0 Å². The number of hydrogen-bond acceptors (Lipinski definition) is 2. The van der Waals surface area contributed by atoms with Gasteiger partial charge < -0.3 is 5.11 Å². The Morgan fingerprint density at radius 1 is 1.10 bits per heavy atom. The third-order valence-corrected chi connectivity index (χ3v) is 3.65. The van der Waals surface area contributed by atoms with E-state index in [1.165, 1.54) is 12.1 Å². The lowest BCUT2D eigenvalue weighted by Gasteiger charge is -2.13. The van der Waals surface area contributed by atoms with Crippen LogP contribution in [0.1, 0.15) is 22.9 Å². The molecule has 0 amide bonds. The van der Waals surface area contributed by atoms with Crippen molar-refractivity contribution in [2.45, 2.75) is 19.4 Å². The van der Waals surface area contributed by atoms with Gasteiger partial charge in [0, 0.05) is 17.5 Å². The smallest absolute Gasteiger partial charge is 0.123 e. The van der Waals surface area contributed by atoms with Crippen molar-refractivity contribution in [3.05, 3.63) is 77.2 Å². The molecule has 2 aromatic carbocycles. The predicted octanol–water partition coefficient (Wildman–Crippen LogP) is 3.96. The molecule has 1 heterocycles. The van der Waals surface area contributed by atoms with Gasteiger partial charge in [-0.3, -0.25) is 4.98 Å². The Labute approximate surface area is 122 Å². The first-order valence-electron chi connectivity index (χ1n) is 6.92. The number of rotatable bonds is 3. The number of aromatic nitrogens is 1. The lowest BCUT2D eigenvalue weighted by Crippen LogP contribution is -2.05. The van der Waals surface area contributed by atoms with Crippen LogP contribution in [-0.4, -0.2) is 10.1 Å². The number of aliphatic hydroxyl groups excluding tert-OH is 1. The minimum absolute atomic E-state index is 0.285. The summed E-state index contributed by atoms with van der Waals surface area (Å²) in [6.07, 6.45) is -0.267. The molecule has 0 saturated carbocycles. The largest absolute Gasteiger partial charge is 0.388 e. The maximum Gasteiger partial charge on any atom is 0.123 e. The van der Waals surface area contributed by atoms with Crippen LogP contribution in [0.15, 0.2) is 54.6 Å². The van der Waals surface area contributed by atoms with Crippen molar-refractivity contribution in [2.24, 2.45) is 0 Å². The Balaban J connectivity index is 1.87. The van der Waals surface area contributed by atoms with E-state index in [2.05, 4.69) is 4.98 Å². The van der Waals surface area contributed by atoms with Crippen LogP contribution in [0.25, 0.3) is 10.9 Å². The van der Waals surface area contributed by atoms with Gasteiger partial charge in [-0.15, -0.1) is 0 Å². The maximum atomic E-state index is 13.1. The molecular formula is C18H16FNO. The summed E-state index contributed by atoms with van der Waals surface area (Å²) in [5.74, 6) is -0.285. The third kappa shape index (κ3) is 2.93. The number of aliphatic hydroxyl groups is 1. The number of benzene rings is 2. The van der Waals surface area contributed by atoms with Crippen LogP contribution in [0.3, 0.4) is 0 Å². The molecule has 0 aliphatic carbocycles. The second-order valence-electron chi connectivity index (χ2n) is 5.22. The average molecular weight is 281 g/mol. The molecule has 3 aromatic rings. The summed E-state index contributed by atoms with van der Waals surface area (Å²) in [5, 5.41) is 11.4. The topological polar surface area (TPSA) is 33.1 Å². The molecule has 21 heavy (non-hydrogen) atoms. The van der Waals surface area contributed by atoms with E-state index in [0.717, 1.165) is 27.7 Å². The van der Waals surface area contributed by atoms with Crippen molar-refractivity contribution in [3.63, 3.8) is 0 Å². The number of hydrogen-bond donors (Lipinski definition) is 1. The summed E-state index contributed by atoms with van der Waals surface area (Å²) in [6.45, 7) is 1.80. The standard InChI is InChI=1S/C18H16FNO/c1-12-10-14(19)7-9-16(12)18(21)11-15-8-6-13-4-2-3-5-17(13)20-15/h2-10,18,21H,11H2,1H3. The molecule has 3 rings (SSSR count). The van der Waals surface area contributed by atoms with Gasteiger partial charge in [-0.25, -0.2) is 4.39 Å². The average Bonchev–Trinajstić information content (AvgIpc) is 2.47. The summed E-state index contributed by atoms with van der Waals surface area (Å²) in [4.78, 5) is 4.55. The monoisotopic (exact) mass is 281 g/mol. The highest BCUT2D eigenvalue weighted by molar-refractivity contribution is 5.78. The Morgan fingerprint density at radius 3 is 2.71 bits per heavy atom. The zero-order chi connectivity index (χ0) is 14.8. The molecule has 1 atom stereocenters. The number of halogens is 1. The summed E-state index contributed by atoms with van der Waals surface area (Å²) in [7, 11) is 0. The lowest BCUT2D eigenvalue weighted by molar-refractivity contribution is 0.176. The van der Waals surface area contributed by atoms with Crippen LogP contribution in [0.5, 0.6) is 0 Å². The molecule has 106 valence electrons. The van der Waals surface area contributed by atoms with Gasteiger partial charge in [0.1, 0.15) is 5.82 Å². The van der Waals surface area contributed by atoms with Crippen LogP contribution < -0.4 is 0 Å². The first-order chi connectivity index (χ1) is 10.1. The molecule has 0 radical (unpaired) electrons. The minimum atomic E-state index is -0.681. The first-order valence-corrected chi connectivity index (χ1v) is 6.92. The van der Waals surface area contributed by atoms with E-state index in [-0.39, 0.29) is 5.82 Å². The highest BCUT2D eigenvalue weighted by Gasteiger charge is 2.13. The molecule has 1 unspecified atom stereocenters. The zero-order valence-corrected chi connectivity index (χ0v) is 11.8. The molecule has 0 spiro atoms. The second kappa shape index (κ2) is 5.62. The molecule has 1 aromatic heterocycles. The van der Waals surface area contributed by atoms with Crippen LogP contribution >= 0.6 is 0 Å². The molecule has 0 bridgehead atoms. The number of pyridine rings is 1. The van der Waals surface area contributed by atoms with Crippen molar-refractivity contribution < 1.29 is 9.50 Å². The lowest BCUT2D eigenvalue weighted by atomic mass is 9.99. The normalized spacial score (nSPS) is 12.5. The van der Waals surface area contributed by atoms with E-state index in [1.54, 1.807) is 13.0 Å². The maximum absolute atomic E-state index is 13.1. The van der Waals surface area contributed by atoms with Crippen molar-refractivity contribution in [2.75, 3.05) is 0 Å². The van der Waals surface area contributed by atoms with Crippen molar-refractivity contribution in [1.29, 1.82) is 0 Å². The Bertz CT molecular complexity index is 785. The number of aryl methyl sites for hydroxylation is 1. The third-order valence-electron chi connectivity index (χ3n) is 3.65. The van der Waals surface area contributed by atoms with E-state index >= 15 is 0 Å². The van der Waals surface area contributed by atoms with E-state index in [0.29, 0.717) is 6.42 Å². The number of para-hydroxylation sites is 1. The zero-order valence-electron chi connectivity index (χ0n) is 11.8. The quantitative estimate of drug-likeness (QED) is 0.788. The van der Waals surface area contributed by atoms with E-state index in [4.69, 9.17) is 0 Å². The van der Waals surface area contributed by atoms with E-state index in [1.807, 2.05) is 36.4 Å². The van der Waals surface area contributed by atoms with Crippen molar-refractivity contribution >= 4 is 10.9 Å². The van der Waals surface area contributed by atoms with Crippen molar-refractivity contribution in [1.82, 2.24) is 4.98 Å². The first kappa shape index (κ1) is 13.7. The van der Waals surface area contributed by atoms with Crippen molar-refractivity contribution in [3.8, 4) is 0 Å². The molecule has 2 nitrogen and oxygen atoms in total. The minimum Gasteiger partial charge on any atom is -0.388 e. The fourth-order valence-corrected chi connectivity index (χ4v) is 2.54. The Morgan fingerprint density at radius 2 is 1.90 bits per heavy atom. The van der Waals surface area contributed by atoms with Gasteiger partial charge in [0.15, 0.2) is 0 Å². The Kier molecular flexibility index (Phi) is 3.67. The predicted molar refractivity (Wildman–Crippen MR) is 81.5 cm³/mol. The fraction of sp³-hybridized carbons (Fsp3) is 0.167. The summed E-state index contributed by atoms with van der Waals surface area (Å²) < 4.78 is 13.1. The van der Waals surface area contributed by atoms with Crippen LogP contribution in [0, 0.1) is 12.7 Å². The van der Waals surface area contributed by atoms with Crippen LogP contribution in [0.4, 0.5) is 4.39 Å². The second-order valence-corrected chi connectivity index (χ2v) is 5.22. The summed E-state index contributed by atoms with van der Waals surface area (Å²) >= 11 is 0. The van der Waals surface area contributed by atoms with E-state index < -0.39 is 6.10 Å². The molecule has 0 fully saturated rings. The highest BCUT2D eigenvalue weighted by atomic mass is 19.1. The van der Waals surface area contributed by atoms with Gasteiger partial charge in [-0.2, -0.15) is 0 Å². The molecule has 0 saturated heterocycles. The van der Waals surface area contributed by atoms with Gasteiger partial charge in [-0.1, -0.05) is 30.3 Å².